The number of ether oxygens (including phenoxy) is 1. The number of hydrogen-bond acceptors (Lipinski definition) is 4. The Bertz CT molecular complexity index is 915. The Hall–Kier alpha value is -1.40. The number of fused-ring (bicyclic) bond motifs is 3. The fraction of sp³-hybridized carbons (Fsp3) is 0.720. The Morgan fingerprint density at radius 3 is 2.58 bits per heavy atom. The molecule has 170 valence electrons. The molecule has 1 N–H and O–H groups in total. The highest BCUT2D eigenvalue weighted by Gasteiger charge is 2.44. The van der Waals surface area contributed by atoms with Crippen LogP contribution in [0.2, 0.25) is 0 Å². The first-order valence-electron chi connectivity index (χ1n) is 12.3. The smallest absolute Gasteiger partial charge is 0.281 e. The Balaban J connectivity index is 1.37. The van der Waals surface area contributed by atoms with Gasteiger partial charge in [-0.05, 0) is 68.1 Å². The number of benzene rings is 1. The molecule has 1 aromatic carbocycles. The molecule has 4 aliphatic rings. The van der Waals surface area contributed by atoms with Crippen LogP contribution in [0.5, 0.6) is 0 Å². The minimum absolute atomic E-state index is 0.00198. The number of nitrogens with one attached hydrogen (secondary N) is 1. The zero-order valence-electron chi connectivity index (χ0n) is 18.6. The van der Waals surface area contributed by atoms with E-state index in [0.29, 0.717) is 22.8 Å². The van der Waals surface area contributed by atoms with Gasteiger partial charge in [-0.3, -0.25) is 0 Å². The Morgan fingerprint density at radius 2 is 1.81 bits per heavy atom. The summed E-state index contributed by atoms with van der Waals surface area (Å²) in [5, 5.41) is 3.79. The van der Waals surface area contributed by atoms with E-state index < -0.39 is 10.0 Å². The lowest BCUT2D eigenvalue weighted by atomic mass is 9.73. The van der Waals surface area contributed by atoms with Crippen LogP contribution >= 0.6 is 0 Å². The van der Waals surface area contributed by atoms with Crippen molar-refractivity contribution < 1.29 is 13.2 Å². The van der Waals surface area contributed by atoms with E-state index in [1.54, 1.807) is 12.3 Å². The van der Waals surface area contributed by atoms with Crippen LogP contribution in [0, 0.1) is 23.7 Å². The summed E-state index contributed by atoms with van der Waals surface area (Å²) in [6.07, 6.45) is 13.7. The standard InChI is InChI=1S/C25H36N2O3S/c1-17-7-9-18(10-8-17)16-26-31(28,29)20-11-12-23-22(15-20)25-21(13-14-30-25)24(27-23)19-5-3-2-4-6-19/h11-12,15-19,21,24-25,27H,2-10,13-14H2,1H3/t17?,18?,21-,24-,25-/m0/s1. The summed E-state index contributed by atoms with van der Waals surface area (Å²) in [5.41, 5.74) is 2.04. The Labute approximate surface area is 187 Å². The van der Waals surface area contributed by atoms with Gasteiger partial charge >= 0.3 is 0 Å². The van der Waals surface area contributed by atoms with E-state index in [1.807, 2.05) is 12.1 Å². The maximum absolute atomic E-state index is 13.0. The molecule has 3 fully saturated rings. The van der Waals surface area contributed by atoms with Gasteiger partial charge < -0.3 is 10.1 Å². The van der Waals surface area contributed by atoms with Gasteiger partial charge in [-0.15, -0.1) is 0 Å². The maximum Gasteiger partial charge on any atom is 0.281 e. The van der Waals surface area contributed by atoms with E-state index in [1.165, 1.54) is 32.1 Å². The number of hydrogen-bond donors (Lipinski definition) is 1. The van der Waals surface area contributed by atoms with E-state index in [9.17, 15) is 8.42 Å². The highest BCUT2D eigenvalue weighted by atomic mass is 32.2. The first-order chi connectivity index (χ1) is 15.0. The summed E-state index contributed by atoms with van der Waals surface area (Å²) >= 11 is 0. The summed E-state index contributed by atoms with van der Waals surface area (Å²) in [6, 6.07) is 5.91. The van der Waals surface area contributed by atoms with Crippen molar-refractivity contribution in [2.24, 2.45) is 28.1 Å². The average Bonchev–Trinajstić information content (AvgIpc) is 3.29. The fourth-order valence-corrected chi connectivity index (χ4v) is 7.24. The first-order valence-corrected chi connectivity index (χ1v) is 13.8. The van der Waals surface area contributed by atoms with Gasteiger partial charge in [0.2, 0.25) is 0 Å². The van der Waals surface area contributed by atoms with Crippen LogP contribution in [0.1, 0.15) is 82.8 Å². The molecule has 3 atom stereocenters. The van der Waals surface area contributed by atoms with Crippen LogP contribution in [-0.4, -0.2) is 27.3 Å². The van der Waals surface area contributed by atoms with Gasteiger partial charge in [-0.2, -0.15) is 12.8 Å². The van der Waals surface area contributed by atoms with Gasteiger partial charge in [-0.25, -0.2) is 0 Å². The second-order valence-corrected chi connectivity index (χ2v) is 11.9. The normalized spacial score (nSPS) is 34.3. The van der Waals surface area contributed by atoms with Crippen molar-refractivity contribution in [1.82, 2.24) is 0 Å². The molecule has 2 saturated carbocycles. The van der Waals surface area contributed by atoms with E-state index in [2.05, 4.69) is 16.6 Å². The molecule has 0 unspecified atom stereocenters. The van der Waals surface area contributed by atoms with Crippen LogP contribution in [0.3, 0.4) is 0 Å². The highest BCUT2D eigenvalue weighted by molar-refractivity contribution is 7.90. The van der Waals surface area contributed by atoms with E-state index in [0.717, 1.165) is 55.9 Å². The summed E-state index contributed by atoms with van der Waals surface area (Å²) in [5.74, 6) is 2.15. The van der Waals surface area contributed by atoms with Gasteiger partial charge in [0.1, 0.15) is 0 Å². The summed E-state index contributed by atoms with van der Waals surface area (Å²) in [6.45, 7) is 3.03. The first kappa shape index (κ1) is 21.4. The van der Waals surface area contributed by atoms with Gasteiger partial charge in [0.25, 0.3) is 10.0 Å². The zero-order chi connectivity index (χ0) is 21.4. The Morgan fingerprint density at radius 1 is 1.03 bits per heavy atom. The van der Waals surface area contributed by atoms with Crippen molar-refractivity contribution in [2.75, 3.05) is 11.9 Å². The van der Waals surface area contributed by atoms with Gasteiger partial charge in [0.05, 0.1) is 11.0 Å². The second-order valence-electron chi connectivity index (χ2n) is 10.3. The van der Waals surface area contributed by atoms with Crippen molar-refractivity contribution in [3.63, 3.8) is 0 Å². The van der Waals surface area contributed by atoms with Gasteiger partial charge in [-0.1, -0.05) is 39.0 Å². The molecule has 2 aliphatic carbocycles. The summed E-state index contributed by atoms with van der Waals surface area (Å²) < 4.78 is 36.2. The molecular formula is C25H36N2O3S. The highest BCUT2D eigenvalue weighted by Crippen LogP contribution is 2.48. The molecular weight excluding hydrogens is 408 g/mol. The minimum Gasteiger partial charge on any atom is -0.381 e. The third-order valence-corrected chi connectivity index (χ3v) is 9.43. The third-order valence-electron chi connectivity index (χ3n) is 8.18. The van der Waals surface area contributed by atoms with Gasteiger partial charge in [0.15, 0.2) is 0 Å². The van der Waals surface area contributed by atoms with Crippen molar-refractivity contribution >= 4 is 21.9 Å². The monoisotopic (exact) mass is 444 g/mol. The van der Waals surface area contributed by atoms with Crippen molar-refractivity contribution in [3.05, 3.63) is 23.8 Å². The topological polar surface area (TPSA) is 67.8 Å². The molecule has 0 spiro atoms. The number of sulfonamides is 1. The fourth-order valence-electron chi connectivity index (χ4n) is 6.27. The molecule has 2 aliphatic heterocycles. The molecule has 1 aromatic rings. The number of nitrogens with zero attached hydrogens (tertiary/aromatic N) is 1. The van der Waals surface area contributed by atoms with E-state index in [4.69, 9.17) is 4.74 Å². The van der Waals surface area contributed by atoms with Crippen LogP contribution in [0.15, 0.2) is 27.5 Å². The van der Waals surface area contributed by atoms with Crippen LogP contribution in [-0.2, 0) is 14.8 Å². The molecule has 0 bridgehead atoms. The molecule has 0 aromatic heterocycles. The average molecular weight is 445 g/mol. The molecule has 2 heterocycles. The third kappa shape index (κ3) is 4.43. The van der Waals surface area contributed by atoms with Crippen LogP contribution in [0.25, 0.3) is 0 Å². The largest absolute Gasteiger partial charge is 0.381 e. The quantitative estimate of drug-likeness (QED) is 0.603. The van der Waals surface area contributed by atoms with E-state index in [-0.39, 0.29) is 12.0 Å². The lowest BCUT2D eigenvalue weighted by molar-refractivity contribution is 0.0730. The SMILES string of the molecule is CC1CCC(C=NS(=O)(=O)c2ccc3c(c2)[C@H]2OCC[C@H]2[C@H](C2CCCCC2)N3)CC1. The van der Waals surface area contributed by atoms with Crippen molar-refractivity contribution in [1.29, 1.82) is 0 Å². The molecule has 5 nitrogen and oxygen atoms in total. The van der Waals surface area contributed by atoms with E-state index >= 15 is 0 Å². The molecule has 1 saturated heterocycles. The Kier molecular flexibility index (Phi) is 6.13. The van der Waals surface area contributed by atoms with Crippen molar-refractivity contribution in [2.45, 2.75) is 88.2 Å². The predicted molar refractivity (Wildman–Crippen MR) is 124 cm³/mol. The lowest BCUT2D eigenvalue weighted by Gasteiger charge is -2.42. The lowest BCUT2D eigenvalue weighted by Crippen LogP contribution is -2.42. The number of rotatable bonds is 4. The summed E-state index contributed by atoms with van der Waals surface area (Å²) in [4.78, 5) is 0.291. The second kappa shape index (κ2) is 8.86. The van der Waals surface area contributed by atoms with Crippen LogP contribution < -0.4 is 5.32 Å². The van der Waals surface area contributed by atoms with Crippen molar-refractivity contribution in [3.8, 4) is 0 Å². The molecule has 5 rings (SSSR count). The van der Waals surface area contributed by atoms with Crippen LogP contribution in [0.4, 0.5) is 5.69 Å². The molecule has 0 radical (unpaired) electrons. The molecule has 6 heteroatoms. The number of anilines is 1. The molecule has 31 heavy (non-hydrogen) atoms. The van der Waals surface area contributed by atoms with Gasteiger partial charge in [0, 0.05) is 36.0 Å². The predicted octanol–water partition coefficient (Wildman–Crippen LogP) is 5.72. The zero-order valence-corrected chi connectivity index (χ0v) is 19.4. The molecule has 0 amide bonds. The maximum atomic E-state index is 13.0. The minimum atomic E-state index is -3.68. The summed E-state index contributed by atoms with van der Waals surface area (Å²) in [7, 11) is -3.68.